The van der Waals surface area contributed by atoms with E-state index in [4.69, 9.17) is 4.42 Å². The number of hydrogen-bond donors (Lipinski definition) is 0. The standard InChI is InChI=1S/C13H10BrFO2/c1-2-11(16)13-6-5-12(17-13)9-4-3-8(14)7-10(9)15/h3-7H,2H2,1H3. The molecule has 0 bridgehead atoms. The zero-order valence-electron chi connectivity index (χ0n) is 9.17. The number of Topliss-reactive ketones (excluding diaryl/α,β-unsaturated/α-hetero) is 1. The van der Waals surface area contributed by atoms with E-state index in [1.54, 1.807) is 31.2 Å². The normalized spacial score (nSPS) is 10.5. The number of ketones is 1. The van der Waals surface area contributed by atoms with Crippen molar-refractivity contribution in [2.45, 2.75) is 13.3 Å². The van der Waals surface area contributed by atoms with Crippen LogP contribution in [0.1, 0.15) is 23.9 Å². The van der Waals surface area contributed by atoms with E-state index >= 15 is 0 Å². The summed E-state index contributed by atoms with van der Waals surface area (Å²) in [5, 5.41) is 0. The molecule has 0 N–H and O–H groups in total. The smallest absolute Gasteiger partial charge is 0.197 e. The van der Waals surface area contributed by atoms with Gasteiger partial charge in [0.1, 0.15) is 11.6 Å². The van der Waals surface area contributed by atoms with Crippen LogP contribution in [0.2, 0.25) is 0 Å². The first kappa shape index (κ1) is 12.0. The van der Waals surface area contributed by atoms with Crippen molar-refractivity contribution in [2.75, 3.05) is 0 Å². The lowest BCUT2D eigenvalue weighted by Crippen LogP contribution is -1.92. The maximum absolute atomic E-state index is 13.7. The van der Waals surface area contributed by atoms with Crippen molar-refractivity contribution in [3.8, 4) is 11.3 Å². The Morgan fingerprint density at radius 3 is 2.76 bits per heavy atom. The van der Waals surface area contributed by atoms with Crippen LogP contribution < -0.4 is 0 Å². The summed E-state index contributed by atoms with van der Waals surface area (Å²) >= 11 is 3.18. The average molecular weight is 297 g/mol. The summed E-state index contributed by atoms with van der Waals surface area (Å²) < 4.78 is 19.7. The molecule has 0 saturated carbocycles. The maximum Gasteiger partial charge on any atom is 0.197 e. The number of furan rings is 1. The van der Waals surface area contributed by atoms with Crippen LogP contribution in [0.25, 0.3) is 11.3 Å². The topological polar surface area (TPSA) is 30.2 Å². The summed E-state index contributed by atoms with van der Waals surface area (Å²) in [6.07, 6.45) is 0.371. The molecule has 4 heteroatoms. The molecular formula is C13H10BrFO2. The molecule has 1 heterocycles. The second-order valence-electron chi connectivity index (χ2n) is 3.56. The number of rotatable bonds is 3. The number of carbonyl (C=O) groups excluding carboxylic acids is 1. The van der Waals surface area contributed by atoms with Gasteiger partial charge in [-0.05, 0) is 30.3 Å². The summed E-state index contributed by atoms with van der Waals surface area (Å²) in [4.78, 5) is 11.4. The van der Waals surface area contributed by atoms with Crippen molar-refractivity contribution in [1.82, 2.24) is 0 Å². The molecule has 0 aliphatic rings. The molecule has 0 unspecified atom stereocenters. The zero-order chi connectivity index (χ0) is 12.4. The average Bonchev–Trinajstić information content (AvgIpc) is 2.77. The van der Waals surface area contributed by atoms with Gasteiger partial charge in [0.15, 0.2) is 11.5 Å². The number of halogens is 2. The minimum Gasteiger partial charge on any atom is -0.453 e. The van der Waals surface area contributed by atoms with Crippen LogP contribution in [0.15, 0.2) is 39.2 Å². The van der Waals surface area contributed by atoms with E-state index in [1.807, 2.05) is 0 Å². The van der Waals surface area contributed by atoms with E-state index in [0.29, 0.717) is 22.2 Å². The van der Waals surface area contributed by atoms with Gasteiger partial charge in [0.25, 0.3) is 0 Å². The molecule has 1 aromatic carbocycles. The van der Waals surface area contributed by atoms with E-state index in [2.05, 4.69) is 15.9 Å². The van der Waals surface area contributed by atoms with Gasteiger partial charge in [-0.15, -0.1) is 0 Å². The third-order valence-corrected chi connectivity index (χ3v) is 2.89. The third kappa shape index (κ3) is 2.47. The second-order valence-corrected chi connectivity index (χ2v) is 4.48. The van der Waals surface area contributed by atoms with Gasteiger partial charge < -0.3 is 4.42 Å². The number of carbonyl (C=O) groups is 1. The Bertz CT molecular complexity index is 560. The number of hydrogen-bond acceptors (Lipinski definition) is 2. The molecule has 0 atom stereocenters. The van der Waals surface area contributed by atoms with E-state index in [1.165, 1.54) is 6.07 Å². The molecule has 0 aliphatic heterocycles. The van der Waals surface area contributed by atoms with E-state index in [0.717, 1.165) is 0 Å². The fourth-order valence-electron chi connectivity index (χ4n) is 1.50. The highest BCUT2D eigenvalue weighted by atomic mass is 79.9. The molecular weight excluding hydrogens is 287 g/mol. The van der Waals surface area contributed by atoms with E-state index in [-0.39, 0.29) is 17.4 Å². The van der Waals surface area contributed by atoms with Crippen LogP contribution in [0.5, 0.6) is 0 Å². The lowest BCUT2D eigenvalue weighted by atomic mass is 10.1. The van der Waals surface area contributed by atoms with E-state index in [9.17, 15) is 9.18 Å². The molecule has 0 aliphatic carbocycles. The lowest BCUT2D eigenvalue weighted by Gasteiger charge is -2.00. The van der Waals surface area contributed by atoms with Gasteiger partial charge in [-0.2, -0.15) is 0 Å². The molecule has 0 saturated heterocycles. The van der Waals surface area contributed by atoms with Gasteiger partial charge in [0.2, 0.25) is 0 Å². The Hall–Kier alpha value is -1.42. The SMILES string of the molecule is CCC(=O)c1ccc(-c2ccc(Br)cc2F)o1. The Morgan fingerprint density at radius 1 is 1.35 bits per heavy atom. The van der Waals surface area contributed by atoms with Crippen LogP contribution in [0, 0.1) is 5.82 Å². The summed E-state index contributed by atoms with van der Waals surface area (Å²) in [7, 11) is 0. The maximum atomic E-state index is 13.7. The van der Waals surface area contributed by atoms with Crippen molar-refractivity contribution < 1.29 is 13.6 Å². The summed E-state index contributed by atoms with van der Waals surface area (Å²) in [6.45, 7) is 1.75. The molecule has 0 radical (unpaired) electrons. The summed E-state index contributed by atoms with van der Waals surface area (Å²) in [6, 6.07) is 7.87. The van der Waals surface area contributed by atoms with Gasteiger partial charge in [0, 0.05) is 10.9 Å². The Labute approximate surface area is 107 Å². The summed E-state index contributed by atoms with van der Waals surface area (Å²) in [5.41, 5.74) is 0.350. The predicted molar refractivity (Wildman–Crippen MR) is 66.4 cm³/mol. The van der Waals surface area contributed by atoms with E-state index < -0.39 is 0 Å². The van der Waals surface area contributed by atoms with Crippen LogP contribution in [-0.4, -0.2) is 5.78 Å². The first-order chi connectivity index (χ1) is 8.11. The van der Waals surface area contributed by atoms with Crippen molar-refractivity contribution >= 4 is 21.7 Å². The Kier molecular flexibility index (Phi) is 3.43. The molecule has 0 spiro atoms. The van der Waals surface area contributed by atoms with Gasteiger partial charge in [-0.1, -0.05) is 22.9 Å². The van der Waals surface area contributed by atoms with Gasteiger partial charge in [0.05, 0.1) is 5.56 Å². The van der Waals surface area contributed by atoms with Crippen molar-refractivity contribution in [1.29, 1.82) is 0 Å². The predicted octanol–water partition coefficient (Wildman–Crippen LogP) is 4.44. The fraction of sp³-hybridized carbons (Fsp3) is 0.154. The minimum atomic E-state index is -0.385. The Balaban J connectivity index is 2.40. The van der Waals surface area contributed by atoms with Gasteiger partial charge in [-0.25, -0.2) is 4.39 Å². The zero-order valence-corrected chi connectivity index (χ0v) is 10.8. The lowest BCUT2D eigenvalue weighted by molar-refractivity contribution is 0.0962. The van der Waals surface area contributed by atoms with Gasteiger partial charge >= 0.3 is 0 Å². The van der Waals surface area contributed by atoms with Crippen LogP contribution >= 0.6 is 15.9 Å². The quantitative estimate of drug-likeness (QED) is 0.784. The minimum absolute atomic E-state index is 0.0891. The third-order valence-electron chi connectivity index (χ3n) is 2.40. The molecule has 17 heavy (non-hydrogen) atoms. The molecule has 0 amide bonds. The molecule has 2 aromatic rings. The molecule has 0 fully saturated rings. The largest absolute Gasteiger partial charge is 0.453 e. The molecule has 2 nitrogen and oxygen atoms in total. The first-order valence-corrected chi connectivity index (χ1v) is 5.99. The van der Waals surface area contributed by atoms with Crippen LogP contribution in [0.3, 0.4) is 0 Å². The molecule has 1 aromatic heterocycles. The van der Waals surface area contributed by atoms with Crippen molar-refractivity contribution in [3.63, 3.8) is 0 Å². The first-order valence-electron chi connectivity index (χ1n) is 5.20. The highest BCUT2D eigenvalue weighted by Crippen LogP contribution is 2.27. The van der Waals surface area contributed by atoms with Crippen molar-refractivity contribution in [3.05, 3.63) is 46.4 Å². The summed E-state index contributed by atoms with van der Waals surface area (Å²) in [5.74, 6) is 0.162. The fourth-order valence-corrected chi connectivity index (χ4v) is 1.83. The number of benzene rings is 1. The highest BCUT2D eigenvalue weighted by Gasteiger charge is 2.13. The van der Waals surface area contributed by atoms with Crippen molar-refractivity contribution in [2.24, 2.45) is 0 Å². The second kappa shape index (κ2) is 4.84. The molecule has 2 rings (SSSR count). The van der Waals surface area contributed by atoms with Crippen LogP contribution in [-0.2, 0) is 0 Å². The Morgan fingerprint density at radius 2 is 2.12 bits per heavy atom. The van der Waals surface area contributed by atoms with Gasteiger partial charge in [-0.3, -0.25) is 4.79 Å². The molecule has 88 valence electrons. The monoisotopic (exact) mass is 296 g/mol. The van der Waals surface area contributed by atoms with Crippen LogP contribution in [0.4, 0.5) is 4.39 Å². The highest BCUT2D eigenvalue weighted by molar-refractivity contribution is 9.10.